The second kappa shape index (κ2) is 9.96. The van der Waals surface area contributed by atoms with Gasteiger partial charge in [-0.2, -0.15) is 0 Å². The molecule has 2 aliphatic rings. The van der Waals surface area contributed by atoms with Crippen LogP contribution in [0.25, 0.3) is 0 Å². The van der Waals surface area contributed by atoms with Crippen molar-refractivity contribution in [2.75, 3.05) is 0 Å². The summed E-state index contributed by atoms with van der Waals surface area (Å²) in [6.07, 6.45) is -1.96. The van der Waals surface area contributed by atoms with E-state index in [2.05, 4.69) is 17.9 Å². The molecule has 0 radical (unpaired) electrons. The van der Waals surface area contributed by atoms with Gasteiger partial charge in [-0.05, 0) is 56.2 Å². The van der Waals surface area contributed by atoms with E-state index >= 15 is 0 Å². The van der Waals surface area contributed by atoms with Crippen LogP contribution in [0.4, 0.5) is 13.2 Å². The van der Waals surface area contributed by atoms with Gasteiger partial charge in [0.1, 0.15) is 12.0 Å². The number of amides is 1. The Morgan fingerprint density at radius 2 is 1.88 bits per heavy atom. The van der Waals surface area contributed by atoms with Crippen LogP contribution >= 0.6 is 24.0 Å². The number of nitrogens with one attached hydrogen (secondary N) is 1. The number of alkyl halides is 2. The Morgan fingerprint density at radius 1 is 1.26 bits per heavy atom. The van der Waals surface area contributed by atoms with E-state index in [4.69, 9.17) is 9.47 Å². The molecule has 4 rings (SSSR count). The number of aliphatic hydroxyl groups is 2. The molecule has 1 unspecified atom stereocenters. The van der Waals surface area contributed by atoms with Gasteiger partial charge in [0.05, 0.1) is 9.81 Å². The second-order valence-corrected chi connectivity index (χ2v) is 10.8. The van der Waals surface area contributed by atoms with Crippen molar-refractivity contribution in [3.05, 3.63) is 39.0 Å². The minimum absolute atomic E-state index is 0.0685. The summed E-state index contributed by atoms with van der Waals surface area (Å²) < 4.78 is 49.7. The summed E-state index contributed by atoms with van der Waals surface area (Å²) in [6, 6.07) is 1.31. The summed E-state index contributed by atoms with van der Waals surface area (Å²) in [7, 11) is 0. The van der Waals surface area contributed by atoms with Crippen LogP contribution in [0.2, 0.25) is 0 Å². The van der Waals surface area contributed by atoms with Gasteiger partial charge in [-0.1, -0.05) is 13.8 Å². The van der Waals surface area contributed by atoms with Crippen molar-refractivity contribution in [1.29, 1.82) is 0 Å². The van der Waals surface area contributed by atoms with Crippen molar-refractivity contribution < 1.29 is 37.7 Å². The van der Waals surface area contributed by atoms with Crippen LogP contribution in [0.3, 0.4) is 0 Å². The van der Waals surface area contributed by atoms with Crippen LogP contribution in [0, 0.1) is 5.82 Å². The monoisotopic (exact) mass is 519 g/mol. The van der Waals surface area contributed by atoms with Gasteiger partial charge >= 0.3 is 6.29 Å². The molecule has 0 spiro atoms. The maximum absolute atomic E-state index is 13.6. The van der Waals surface area contributed by atoms with Crippen LogP contribution in [-0.2, 0) is 29.7 Å². The number of thiophene rings is 1. The quantitative estimate of drug-likeness (QED) is 0.254. The Morgan fingerprint density at radius 3 is 2.38 bits per heavy atom. The number of aliphatic hydroxyl groups excluding tert-OH is 1. The van der Waals surface area contributed by atoms with E-state index in [-0.39, 0.29) is 29.7 Å². The van der Waals surface area contributed by atoms with Gasteiger partial charge in [0.15, 0.2) is 11.5 Å². The van der Waals surface area contributed by atoms with Gasteiger partial charge in [0, 0.05) is 22.4 Å². The van der Waals surface area contributed by atoms with Crippen LogP contribution in [0.1, 0.15) is 67.2 Å². The number of ether oxygens (including phenoxy) is 2. The predicted octanol–water partition coefficient (Wildman–Crippen LogP) is 4.63. The number of fused-ring (bicyclic) bond motifs is 3. The number of carbonyl (C=O) groups is 1. The minimum atomic E-state index is -3.67. The van der Waals surface area contributed by atoms with E-state index in [1.54, 1.807) is 13.8 Å². The molecule has 188 valence electrons. The summed E-state index contributed by atoms with van der Waals surface area (Å²) in [5, 5.41) is 21.7. The zero-order chi connectivity index (χ0) is 25.4. The molecule has 2 aromatic rings. The van der Waals surface area contributed by atoms with Crippen molar-refractivity contribution in [3.8, 4) is 11.5 Å². The number of benzene rings is 1. The summed E-state index contributed by atoms with van der Waals surface area (Å²) in [5.74, 6) is -0.257. The molecular weight excluding hydrogens is 491 g/mol. The first-order valence-corrected chi connectivity index (χ1v) is 12.1. The summed E-state index contributed by atoms with van der Waals surface area (Å²) in [5.41, 5.74) is 2.08. The van der Waals surface area contributed by atoms with E-state index in [1.807, 2.05) is 13.8 Å². The van der Waals surface area contributed by atoms with E-state index in [1.165, 1.54) is 6.07 Å². The zero-order valence-corrected chi connectivity index (χ0v) is 21.0. The molecule has 6 nitrogen and oxygen atoms in total. The van der Waals surface area contributed by atoms with E-state index in [9.17, 15) is 28.2 Å². The zero-order valence-electron chi connectivity index (χ0n) is 19.2. The van der Waals surface area contributed by atoms with Gasteiger partial charge < -0.3 is 25.0 Å². The number of rotatable bonds is 6. The molecule has 0 fully saturated rings. The van der Waals surface area contributed by atoms with Crippen LogP contribution < -0.4 is 14.8 Å². The average Bonchev–Trinajstić information content (AvgIpc) is 3.39. The van der Waals surface area contributed by atoms with Gasteiger partial charge in [-0.15, -0.1) is 32.7 Å². The largest absolute Gasteiger partial charge is 0.586 e. The third kappa shape index (κ3) is 5.64. The number of carbonyl (C=O) groups excluding carboxylic acids is 1. The summed E-state index contributed by atoms with van der Waals surface area (Å²) in [4.78, 5) is 11.1. The lowest BCUT2D eigenvalue weighted by atomic mass is 9.87. The Labute approximate surface area is 205 Å². The van der Waals surface area contributed by atoms with Crippen molar-refractivity contribution in [1.82, 2.24) is 5.32 Å². The Balaban J connectivity index is 0.000000248. The molecule has 1 amide bonds. The average molecular weight is 520 g/mol. The normalized spacial score (nSPS) is 16.7. The van der Waals surface area contributed by atoms with Gasteiger partial charge in [0.25, 0.3) is 0 Å². The molecule has 2 heterocycles. The maximum Gasteiger partial charge on any atom is 0.586 e. The lowest BCUT2D eigenvalue weighted by molar-refractivity contribution is -0.287. The van der Waals surface area contributed by atoms with Crippen molar-refractivity contribution in [2.24, 2.45) is 0 Å². The number of hydrogen-bond acceptors (Lipinski definition) is 7. The van der Waals surface area contributed by atoms with Crippen LogP contribution in [0.5, 0.6) is 11.5 Å². The molecular formula is C23H28F3NO5S2. The molecule has 0 saturated carbocycles. The van der Waals surface area contributed by atoms with Gasteiger partial charge in [-0.25, -0.2) is 4.39 Å². The van der Waals surface area contributed by atoms with E-state index in [0.29, 0.717) is 27.5 Å². The SMILES string of the molecule is CC(C)(O)c1cc(F)c(S)s1.CC(C)c1c(CC(O)NC=O)c2c(c3c1OC(F)(F)O3)CCC2. The third-order valence-corrected chi connectivity index (χ3v) is 7.29. The highest BCUT2D eigenvalue weighted by atomic mass is 32.2. The summed E-state index contributed by atoms with van der Waals surface area (Å²) in [6.45, 7) is 6.98. The molecule has 11 heteroatoms. The van der Waals surface area contributed by atoms with Crippen molar-refractivity contribution >= 4 is 30.4 Å². The highest BCUT2D eigenvalue weighted by Gasteiger charge is 2.48. The minimum Gasteiger partial charge on any atom is -0.395 e. The maximum atomic E-state index is 13.6. The molecule has 1 atom stereocenters. The second-order valence-electron chi connectivity index (χ2n) is 9.01. The van der Waals surface area contributed by atoms with Crippen molar-refractivity contribution in [3.63, 3.8) is 0 Å². The fourth-order valence-electron chi connectivity index (χ4n) is 4.19. The van der Waals surface area contributed by atoms with Crippen LogP contribution in [0.15, 0.2) is 10.3 Å². The number of halogens is 3. The highest BCUT2D eigenvalue weighted by Crippen LogP contribution is 2.53. The topological polar surface area (TPSA) is 88.0 Å². The fourth-order valence-corrected chi connectivity index (χ4v) is 5.33. The van der Waals surface area contributed by atoms with E-state index in [0.717, 1.165) is 40.9 Å². The Kier molecular flexibility index (Phi) is 7.81. The van der Waals surface area contributed by atoms with Crippen molar-refractivity contribution in [2.45, 2.75) is 81.6 Å². The predicted molar refractivity (Wildman–Crippen MR) is 124 cm³/mol. The molecule has 34 heavy (non-hydrogen) atoms. The van der Waals surface area contributed by atoms with Crippen LogP contribution in [-0.4, -0.2) is 29.1 Å². The Bertz CT molecular complexity index is 1050. The molecule has 0 bridgehead atoms. The standard InChI is InChI=1S/C16H19F2NO4.C7H9FOS2/c1-8(2)13-11(6-12(21)19-7-20)9-4-3-5-10(9)14-15(13)23-16(17,18)22-14;1-7(2,9)5-3-4(8)6(10)11-5/h7-8,12,21H,3-6H2,1-2H3,(H,19,20);3,9-10H,1-2H3. The smallest absolute Gasteiger partial charge is 0.395 e. The molecule has 1 aliphatic heterocycles. The van der Waals surface area contributed by atoms with Gasteiger partial charge in [-0.3, -0.25) is 4.79 Å². The van der Waals surface area contributed by atoms with Gasteiger partial charge in [0.2, 0.25) is 6.41 Å². The fraction of sp³-hybridized carbons (Fsp3) is 0.522. The molecule has 1 aromatic heterocycles. The third-order valence-electron chi connectivity index (χ3n) is 5.58. The molecule has 1 aliphatic carbocycles. The first kappa shape index (κ1) is 26.7. The number of hydrogen-bond donors (Lipinski definition) is 4. The number of thiol groups is 1. The summed E-state index contributed by atoms with van der Waals surface area (Å²) >= 11 is 5.04. The molecule has 1 aromatic carbocycles. The first-order valence-electron chi connectivity index (χ1n) is 10.8. The highest BCUT2D eigenvalue weighted by molar-refractivity contribution is 7.82. The first-order chi connectivity index (χ1) is 15.7. The lowest BCUT2D eigenvalue weighted by Gasteiger charge is -2.21. The lowest BCUT2D eigenvalue weighted by Crippen LogP contribution is -2.30. The Hall–Kier alpha value is -1.95. The molecule has 0 saturated heterocycles. The molecule has 3 N–H and O–H groups in total. The van der Waals surface area contributed by atoms with E-state index < -0.39 is 18.1 Å².